The van der Waals surface area contributed by atoms with Gasteiger partial charge in [0.15, 0.2) is 0 Å². The Bertz CT molecular complexity index is 462. The molecule has 2 heterocycles. The zero-order valence-corrected chi connectivity index (χ0v) is 10.7. The third-order valence-electron chi connectivity index (χ3n) is 2.61. The van der Waals surface area contributed by atoms with Crippen molar-refractivity contribution in [2.75, 3.05) is 6.54 Å². The van der Waals surface area contributed by atoms with Crippen LogP contribution in [0.4, 0.5) is 0 Å². The van der Waals surface area contributed by atoms with Crippen LogP contribution < -0.4 is 5.32 Å². The highest BCUT2D eigenvalue weighted by atomic mass is 35.5. The molecular weight excluding hydrogens is 238 g/mol. The number of rotatable bonds is 5. The van der Waals surface area contributed by atoms with Gasteiger partial charge < -0.3 is 10.3 Å². The highest BCUT2D eigenvalue weighted by Gasteiger charge is 2.22. The Morgan fingerprint density at radius 1 is 1.53 bits per heavy atom. The number of halogens is 1. The third kappa shape index (κ3) is 2.35. The largest absolute Gasteiger partial charge is 0.347 e. The van der Waals surface area contributed by atoms with Crippen LogP contribution in [0.3, 0.4) is 0 Å². The summed E-state index contributed by atoms with van der Waals surface area (Å²) in [6, 6.07) is -0.0510. The molecule has 1 unspecified atom stereocenters. The van der Waals surface area contributed by atoms with Gasteiger partial charge in [-0.15, -0.1) is 0 Å². The standard InChI is InChI=1S/C11H16ClN5/c1-3-13-9(11-14-5-6-15-11)10-8(12)7-16-17(10)4-2/h5-7,9,13H,3-4H2,1-2H3,(H,14,15). The van der Waals surface area contributed by atoms with Crippen LogP contribution in [0.25, 0.3) is 0 Å². The third-order valence-corrected chi connectivity index (χ3v) is 2.90. The van der Waals surface area contributed by atoms with Crippen molar-refractivity contribution in [1.82, 2.24) is 25.1 Å². The van der Waals surface area contributed by atoms with E-state index in [1.165, 1.54) is 0 Å². The van der Waals surface area contributed by atoms with Crippen molar-refractivity contribution in [1.29, 1.82) is 0 Å². The molecule has 0 aromatic carbocycles. The number of aryl methyl sites for hydroxylation is 1. The first-order valence-electron chi connectivity index (χ1n) is 5.71. The minimum absolute atomic E-state index is 0.0510. The first kappa shape index (κ1) is 12.1. The monoisotopic (exact) mass is 253 g/mol. The van der Waals surface area contributed by atoms with Crippen molar-refractivity contribution < 1.29 is 0 Å². The fraction of sp³-hybridized carbons (Fsp3) is 0.455. The maximum Gasteiger partial charge on any atom is 0.129 e. The minimum Gasteiger partial charge on any atom is -0.347 e. The Kier molecular flexibility index (Phi) is 3.81. The van der Waals surface area contributed by atoms with Crippen molar-refractivity contribution in [3.05, 3.63) is 35.1 Å². The van der Waals surface area contributed by atoms with Gasteiger partial charge in [0.1, 0.15) is 11.9 Å². The second-order valence-corrected chi connectivity index (χ2v) is 4.07. The molecule has 5 nitrogen and oxygen atoms in total. The molecule has 0 amide bonds. The Morgan fingerprint density at radius 2 is 2.35 bits per heavy atom. The number of aromatic nitrogens is 4. The van der Waals surface area contributed by atoms with E-state index in [1.807, 2.05) is 11.6 Å². The van der Waals surface area contributed by atoms with E-state index in [0.717, 1.165) is 24.6 Å². The molecule has 0 spiro atoms. The summed E-state index contributed by atoms with van der Waals surface area (Å²) in [5.74, 6) is 0.851. The molecule has 0 saturated heterocycles. The van der Waals surface area contributed by atoms with Crippen LogP contribution in [-0.4, -0.2) is 26.3 Å². The molecule has 17 heavy (non-hydrogen) atoms. The van der Waals surface area contributed by atoms with E-state index >= 15 is 0 Å². The summed E-state index contributed by atoms with van der Waals surface area (Å²) < 4.78 is 1.89. The topological polar surface area (TPSA) is 58.5 Å². The molecule has 92 valence electrons. The van der Waals surface area contributed by atoms with Crippen molar-refractivity contribution >= 4 is 11.6 Å². The van der Waals surface area contributed by atoms with Crippen molar-refractivity contribution in [2.24, 2.45) is 0 Å². The zero-order chi connectivity index (χ0) is 12.3. The molecule has 0 saturated carbocycles. The van der Waals surface area contributed by atoms with E-state index in [1.54, 1.807) is 18.6 Å². The Labute approximate surface area is 105 Å². The van der Waals surface area contributed by atoms with Gasteiger partial charge >= 0.3 is 0 Å². The predicted molar refractivity (Wildman–Crippen MR) is 67.0 cm³/mol. The molecule has 0 aliphatic heterocycles. The summed E-state index contributed by atoms with van der Waals surface area (Å²) in [7, 11) is 0. The van der Waals surface area contributed by atoms with E-state index in [2.05, 4.69) is 27.3 Å². The van der Waals surface area contributed by atoms with Gasteiger partial charge in [-0.3, -0.25) is 4.68 Å². The van der Waals surface area contributed by atoms with Crippen molar-refractivity contribution in [3.63, 3.8) is 0 Å². The van der Waals surface area contributed by atoms with Crippen LogP contribution in [0.5, 0.6) is 0 Å². The van der Waals surface area contributed by atoms with Gasteiger partial charge in [-0.2, -0.15) is 5.10 Å². The first-order chi connectivity index (χ1) is 8.27. The molecule has 0 aliphatic rings. The number of aromatic amines is 1. The van der Waals surface area contributed by atoms with E-state index < -0.39 is 0 Å². The smallest absolute Gasteiger partial charge is 0.129 e. The molecule has 0 radical (unpaired) electrons. The minimum atomic E-state index is -0.0510. The molecule has 1 atom stereocenters. The lowest BCUT2D eigenvalue weighted by Gasteiger charge is -2.17. The molecular formula is C11H16ClN5. The molecule has 2 rings (SSSR count). The Morgan fingerprint density at radius 3 is 2.94 bits per heavy atom. The average Bonchev–Trinajstić information content (AvgIpc) is 2.95. The van der Waals surface area contributed by atoms with E-state index in [4.69, 9.17) is 11.6 Å². The maximum atomic E-state index is 6.21. The van der Waals surface area contributed by atoms with Gasteiger partial charge in [-0.1, -0.05) is 18.5 Å². The number of hydrogen-bond acceptors (Lipinski definition) is 3. The quantitative estimate of drug-likeness (QED) is 0.857. The molecule has 0 fully saturated rings. The van der Waals surface area contributed by atoms with Crippen LogP contribution in [0, 0.1) is 0 Å². The van der Waals surface area contributed by atoms with Crippen LogP contribution in [0.2, 0.25) is 5.02 Å². The average molecular weight is 254 g/mol. The summed E-state index contributed by atoms with van der Waals surface area (Å²) in [5, 5.41) is 8.28. The van der Waals surface area contributed by atoms with Gasteiger partial charge in [0, 0.05) is 18.9 Å². The fourth-order valence-corrected chi connectivity index (χ4v) is 2.12. The summed E-state index contributed by atoms with van der Waals surface area (Å²) in [6.45, 7) is 5.70. The number of nitrogens with zero attached hydrogens (tertiary/aromatic N) is 3. The second-order valence-electron chi connectivity index (χ2n) is 3.66. The Hall–Kier alpha value is -1.33. The lowest BCUT2D eigenvalue weighted by molar-refractivity contribution is 0.528. The van der Waals surface area contributed by atoms with E-state index in [9.17, 15) is 0 Å². The van der Waals surface area contributed by atoms with E-state index in [0.29, 0.717) is 5.02 Å². The first-order valence-corrected chi connectivity index (χ1v) is 6.09. The van der Waals surface area contributed by atoms with Gasteiger partial charge in [0.25, 0.3) is 0 Å². The van der Waals surface area contributed by atoms with Gasteiger partial charge in [0.05, 0.1) is 16.9 Å². The molecule has 0 bridgehead atoms. The fourth-order valence-electron chi connectivity index (χ4n) is 1.87. The Balaban J connectivity index is 2.42. The van der Waals surface area contributed by atoms with Crippen LogP contribution in [-0.2, 0) is 6.54 Å². The normalized spacial score (nSPS) is 12.9. The second kappa shape index (κ2) is 5.33. The number of hydrogen-bond donors (Lipinski definition) is 2. The molecule has 2 N–H and O–H groups in total. The van der Waals surface area contributed by atoms with Gasteiger partial charge in [0.2, 0.25) is 0 Å². The highest BCUT2D eigenvalue weighted by molar-refractivity contribution is 6.31. The number of imidazole rings is 1. The molecule has 6 heteroatoms. The van der Waals surface area contributed by atoms with Gasteiger partial charge in [-0.05, 0) is 13.5 Å². The summed E-state index contributed by atoms with van der Waals surface area (Å²) >= 11 is 6.21. The van der Waals surface area contributed by atoms with Crippen LogP contribution in [0.1, 0.15) is 31.4 Å². The summed E-state index contributed by atoms with van der Waals surface area (Å²) in [6.07, 6.45) is 5.22. The lowest BCUT2D eigenvalue weighted by Crippen LogP contribution is -2.26. The van der Waals surface area contributed by atoms with E-state index in [-0.39, 0.29) is 6.04 Å². The van der Waals surface area contributed by atoms with Crippen LogP contribution >= 0.6 is 11.6 Å². The van der Waals surface area contributed by atoms with Gasteiger partial charge in [-0.25, -0.2) is 4.98 Å². The van der Waals surface area contributed by atoms with Crippen molar-refractivity contribution in [3.8, 4) is 0 Å². The highest BCUT2D eigenvalue weighted by Crippen LogP contribution is 2.26. The molecule has 2 aromatic rings. The maximum absolute atomic E-state index is 6.21. The SMILES string of the molecule is CCNC(c1ncc[nH]1)c1c(Cl)cnn1CC. The number of H-pyrrole nitrogens is 1. The molecule has 2 aromatic heterocycles. The summed E-state index contributed by atoms with van der Waals surface area (Å²) in [4.78, 5) is 7.41. The summed E-state index contributed by atoms with van der Waals surface area (Å²) in [5.41, 5.74) is 0.950. The predicted octanol–water partition coefficient (Wildman–Crippen LogP) is 1.98. The lowest BCUT2D eigenvalue weighted by atomic mass is 10.2. The molecule has 0 aliphatic carbocycles. The van der Waals surface area contributed by atoms with Crippen LogP contribution in [0.15, 0.2) is 18.6 Å². The number of nitrogens with one attached hydrogen (secondary N) is 2. The van der Waals surface area contributed by atoms with Crippen molar-refractivity contribution in [2.45, 2.75) is 26.4 Å². The zero-order valence-electron chi connectivity index (χ0n) is 9.94.